The van der Waals surface area contributed by atoms with Crippen molar-refractivity contribution < 1.29 is 13.2 Å². The molecule has 1 amide bonds. The van der Waals surface area contributed by atoms with Crippen LogP contribution in [0.2, 0.25) is 0 Å². The van der Waals surface area contributed by atoms with Gasteiger partial charge < -0.3 is 5.32 Å². The third kappa shape index (κ3) is 3.66. The Morgan fingerprint density at radius 2 is 1.81 bits per heavy atom. The second-order valence-corrected chi connectivity index (χ2v) is 5.61. The van der Waals surface area contributed by atoms with E-state index in [1.807, 2.05) is 6.92 Å². The number of hydrogen-bond donors (Lipinski definition) is 1. The number of amides is 1. The molecule has 4 nitrogen and oxygen atoms in total. The van der Waals surface area contributed by atoms with Gasteiger partial charge in [-0.3, -0.25) is 4.79 Å². The summed E-state index contributed by atoms with van der Waals surface area (Å²) in [6.07, 6.45) is 2.40. The van der Waals surface area contributed by atoms with E-state index < -0.39 is 9.84 Å². The maximum absolute atomic E-state index is 11.3. The Balaban J connectivity index is 2.76. The van der Waals surface area contributed by atoms with Gasteiger partial charge in [0.1, 0.15) is 0 Å². The standard InChI is InChI=1S/C11H15NO3S/c1-3-4-11(13)12-9-5-7-10(8-6-9)16(2,14)15/h5-8H,3-4H2,1-2H3,(H,12,13). The first-order valence-electron chi connectivity index (χ1n) is 5.03. The molecule has 0 radical (unpaired) electrons. The predicted molar refractivity (Wildman–Crippen MR) is 63.1 cm³/mol. The van der Waals surface area contributed by atoms with Crippen molar-refractivity contribution >= 4 is 21.4 Å². The first-order chi connectivity index (χ1) is 7.43. The summed E-state index contributed by atoms with van der Waals surface area (Å²) >= 11 is 0. The SMILES string of the molecule is CCCC(=O)Nc1ccc(S(C)(=O)=O)cc1. The number of anilines is 1. The summed E-state index contributed by atoms with van der Waals surface area (Å²) in [5, 5.41) is 2.69. The van der Waals surface area contributed by atoms with Gasteiger partial charge in [0, 0.05) is 18.4 Å². The first kappa shape index (κ1) is 12.7. The zero-order chi connectivity index (χ0) is 12.2. The maximum atomic E-state index is 11.3. The minimum absolute atomic E-state index is 0.0606. The zero-order valence-corrected chi connectivity index (χ0v) is 10.2. The lowest BCUT2D eigenvalue weighted by Gasteiger charge is -2.04. The highest BCUT2D eigenvalue weighted by atomic mass is 32.2. The Kier molecular flexibility index (Phi) is 4.06. The molecule has 0 saturated heterocycles. The molecule has 0 aliphatic carbocycles. The number of hydrogen-bond acceptors (Lipinski definition) is 3. The van der Waals surface area contributed by atoms with Gasteiger partial charge in [-0.25, -0.2) is 8.42 Å². The molecule has 0 fully saturated rings. The second-order valence-electron chi connectivity index (χ2n) is 3.59. The average Bonchev–Trinajstić information content (AvgIpc) is 2.17. The Bertz CT molecular complexity index is 463. The van der Waals surface area contributed by atoms with Crippen molar-refractivity contribution in [2.75, 3.05) is 11.6 Å². The minimum Gasteiger partial charge on any atom is -0.326 e. The van der Waals surface area contributed by atoms with E-state index in [2.05, 4.69) is 5.32 Å². The van der Waals surface area contributed by atoms with Crippen LogP contribution in [0.1, 0.15) is 19.8 Å². The molecule has 1 aromatic rings. The fraction of sp³-hybridized carbons (Fsp3) is 0.364. The summed E-state index contributed by atoms with van der Waals surface area (Å²) < 4.78 is 22.4. The third-order valence-corrected chi connectivity index (χ3v) is 3.17. The summed E-state index contributed by atoms with van der Waals surface area (Å²) in [5.74, 6) is -0.0606. The van der Waals surface area contributed by atoms with Gasteiger partial charge in [-0.1, -0.05) is 6.92 Å². The first-order valence-corrected chi connectivity index (χ1v) is 6.92. The van der Waals surface area contributed by atoms with Crippen LogP contribution in [0.15, 0.2) is 29.2 Å². The van der Waals surface area contributed by atoms with E-state index in [1.165, 1.54) is 12.1 Å². The molecular weight excluding hydrogens is 226 g/mol. The Morgan fingerprint density at radius 1 is 1.25 bits per heavy atom. The monoisotopic (exact) mass is 241 g/mol. The molecule has 0 heterocycles. The van der Waals surface area contributed by atoms with Crippen LogP contribution in [-0.4, -0.2) is 20.6 Å². The summed E-state index contributed by atoms with van der Waals surface area (Å²) in [6, 6.07) is 6.14. The van der Waals surface area contributed by atoms with E-state index in [1.54, 1.807) is 12.1 Å². The van der Waals surface area contributed by atoms with Crippen molar-refractivity contribution in [3.05, 3.63) is 24.3 Å². The largest absolute Gasteiger partial charge is 0.326 e. The van der Waals surface area contributed by atoms with E-state index >= 15 is 0 Å². The highest BCUT2D eigenvalue weighted by molar-refractivity contribution is 7.90. The van der Waals surface area contributed by atoms with Gasteiger partial charge >= 0.3 is 0 Å². The quantitative estimate of drug-likeness (QED) is 0.874. The lowest BCUT2D eigenvalue weighted by molar-refractivity contribution is -0.116. The van der Waals surface area contributed by atoms with Crippen molar-refractivity contribution in [3.8, 4) is 0 Å². The van der Waals surface area contributed by atoms with Crippen LogP contribution in [-0.2, 0) is 14.6 Å². The van der Waals surface area contributed by atoms with Gasteiger partial charge in [0.25, 0.3) is 0 Å². The van der Waals surface area contributed by atoms with Crippen molar-refractivity contribution in [2.24, 2.45) is 0 Å². The molecule has 88 valence electrons. The number of carbonyl (C=O) groups is 1. The maximum Gasteiger partial charge on any atom is 0.224 e. The highest BCUT2D eigenvalue weighted by Crippen LogP contribution is 2.14. The number of rotatable bonds is 4. The topological polar surface area (TPSA) is 63.2 Å². The summed E-state index contributed by atoms with van der Waals surface area (Å²) in [7, 11) is -3.17. The molecule has 0 saturated carbocycles. The van der Waals surface area contributed by atoms with Gasteiger partial charge in [-0.15, -0.1) is 0 Å². The fourth-order valence-corrected chi connectivity index (χ4v) is 1.87. The van der Waals surface area contributed by atoms with E-state index in [0.717, 1.165) is 12.7 Å². The molecule has 0 aliphatic heterocycles. The van der Waals surface area contributed by atoms with Crippen LogP contribution >= 0.6 is 0 Å². The summed E-state index contributed by atoms with van der Waals surface area (Å²) in [5.41, 5.74) is 0.617. The smallest absolute Gasteiger partial charge is 0.224 e. The summed E-state index contributed by atoms with van der Waals surface area (Å²) in [4.78, 5) is 11.5. The predicted octanol–water partition coefficient (Wildman–Crippen LogP) is 1.83. The van der Waals surface area contributed by atoms with Crippen molar-refractivity contribution in [1.82, 2.24) is 0 Å². The normalized spacial score (nSPS) is 11.1. The lowest BCUT2D eigenvalue weighted by atomic mass is 10.3. The second kappa shape index (κ2) is 5.12. The molecule has 0 spiro atoms. The van der Waals surface area contributed by atoms with Gasteiger partial charge in [0.05, 0.1) is 4.90 Å². The lowest BCUT2D eigenvalue weighted by Crippen LogP contribution is -2.10. The summed E-state index contributed by atoms with van der Waals surface area (Å²) in [6.45, 7) is 1.92. The number of sulfone groups is 1. The molecule has 1 aromatic carbocycles. The van der Waals surface area contributed by atoms with Gasteiger partial charge in [0.2, 0.25) is 5.91 Å². The number of benzene rings is 1. The van der Waals surface area contributed by atoms with Crippen molar-refractivity contribution in [1.29, 1.82) is 0 Å². The van der Waals surface area contributed by atoms with E-state index in [4.69, 9.17) is 0 Å². The minimum atomic E-state index is -3.17. The Morgan fingerprint density at radius 3 is 2.25 bits per heavy atom. The van der Waals surface area contributed by atoms with Crippen LogP contribution in [0.25, 0.3) is 0 Å². The van der Waals surface area contributed by atoms with Gasteiger partial charge in [-0.05, 0) is 30.7 Å². The molecule has 16 heavy (non-hydrogen) atoms. The van der Waals surface area contributed by atoms with E-state index in [-0.39, 0.29) is 10.8 Å². The number of carbonyl (C=O) groups excluding carboxylic acids is 1. The van der Waals surface area contributed by atoms with Crippen LogP contribution in [0.3, 0.4) is 0 Å². The molecule has 0 atom stereocenters. The molecular formula is C11H15NO3S. The molecule has 5 heteroatoms. The molecule has 0 aromatic heterocycles. The van der Waals surface area contributed by atoms with Crippen LogP contribution in [0.5, 0.6) is 0 Å². The van der Waals surface area contributed by atoms with Gasteiger partial charge in [0.15, 0.2) is 9.84 Å². The third-order valence-electron chi connectivity index (χ3n) is 2.04. The molecule has 0 unspecified atom stereocenters. The van der Waals surface area contributed by atoms with Crippen molar-refractivity contribution in [3.63, 3.8) is 0 Å². The highest BCUT2D eigenvalue weighted by Gasteiger charge is 2.06. The Hall–Kier alpha value is -1.36. The van der Waals surface area contributed by atoms with Crippen LogP contribution in [0.4, 0.5) is 5.69 Å². The zero-order valence-electron chi connectivity index (χ0n) is 9.36. The average molecular weight is 241 g/mol. The fourth-order valence-electron chi connectivity index (χ4n) is 1.24. The number of nitrogens with one attached hydrogen (secondary N) is 1. The molecule has 0 aliphatic rings. The Labute approximate surface area is 95.6 Å². The molecule has 0 bridgehead atoms. The van der Waals surface area contributed by atoms with Crippen LogP contribution in [0, 0.1) is 0 Å². The van der Waals surface area contributed by atoms with Gasteiger partial charge in [-0.2, -0.15) is 0 Å². The van der Waals surface area contributed by atoms with E-state index in [9.17, 15) is 13.2 Å². The molecule has 1 rings (SSSR count). The molecule has 1 N–H and O–H groups in total. The van der Waals surface area contributed by atoms with Crippen LogP contribution < -0.4 is 5.32 Å². The van der Waals surface area contributed by atoms with Crippen molar-refractivity contribution in [2.45, 2.75) is 24.7 Å². The van der Waals surface area contributed by atoms with E-state index in [0.29, 0.717) is 12.1 Å².